The Hall–Kier alpha value is -1.59. The molecule has 0 spiro atoms. The van der Waals surface area contributed by atoms with E-state index >= 15 is 0 Å². The van der Waals surface area contributed by atoms with Crippen LogP contribution in [0, 0.1) is 5.92 Å². The van der Waals surface area contributed by atoms with E-state index in [0.29, 0.717) is 19.1 Å². The van der Waals surface area contributed by atoms with Crippen LogP contribution >= 0.6 is 0 Å². The lowest BCUT2D eigenvalue weighted by Gasteiger charge is -2.25. The van der Waals surface area contributed by atoms with Crippen molar-refractivity contribution in [3.05, 3.63) is 29.8 Å². The molecule has 1 unspecified atom stereocenters. The predicted octanol–water partition coefficient (Wildman–Crippen LogP) is 2.79. The summed E-state index contributed by atoms with van der Waals surface area (Å²) in [5.74, 6) is 1.23. The van der Waals surface area contributed by atoms with E-state index in [1.165, 1.54) is 0 Å². The molecule has 24 heavy (non-hydrogen) atoms. The van der Waals surface area contributed by atoms with Gasteiger partial charge in [-0.25, -0.2) is 0 Å². The predicted molar refractivity (Wildman–Crippen MR) is 94.9 cm³/mol. The highest BCUT2D eigenvalue weighted by molar-refractivity contribution is 5.81. The number of rotatable bonds is 8. The SMILES string of the molecule is CCOc1ccccc1C(CC(C)C)NC(=O)[C@@H]1CC[C@H](CN)O1. The van der Waals surface area contributed by atoms with Crippen LogP contribution in [0.25, 0.3) is 0 Å². The lowest BCUT2D eigenvalue weighted by atomic mass is 9.96. The van der Waals surface area contributed by atoms with E-state index in [9.17, 15) is 4.79 Å². The molecule has 0 aromatic heterocycles. The average molecular weight is 334 g/mol. The van der Waals surface area contributed by atoms with Gasteiger partial charge in [0.25, 0.3) is 0 Å². The molecule has 0 aliphatic carbocycles. The Morgan fingerprint density at radius 1 is 1.38 bits per heavy atom. The molecule has 5 heteroatoms. The van der Waals surface area contributed by atoms with Crippen LogP contribution in [-0.2, 0) is 9.53 Å². The van der Waals surface area contributed by atoms with Crippen molar-refractivity contribution >= 4 is 5.91 Å². The summed E-state index contributed by atoms with van der Waals surface area (Å²) in [5.41, 5.74) is 6.66. The molecular formula is C19H30N2O3. The molecule has 3 N–H and O–H groups in total. The molecular weight excluding hydrogens is 304 g/mol. The van der Waals surface area contributed by atoms with Gasteiger partial charge >= 0.3 is 0 Å². The number of carbonyl (C=O) groups excluding carboxylic acids is 1. The van der Waals surface area contributed by atoms with E-state index in [0.717, 1.165) is 30.6 Å². The topological polar surface area (TPSA) is 73.6 Å². The van der Waals surface area contributed by atoms with Gasteiger partial charge < -0.3 is 20.5 Å². The minimum atomic E-state index is -0.396. The third kappa shape index (κ3) is 4.95. The molecule has 1 amide bonds. The highest BCUT2D eigenvalue weighted by atomic mass is 16.5. The summed E-state index contributed by atoms with van der Waals surface area (Å²) in [5, 5.41) is 3.17. The van der Waals surface area contributed by atoms with Crippen LogP contribution in [0.3, 0.4) is 0 Å². The van der Waals surface area contributed by atoms with E-state index in [-0.39, 0.29) is 18.1 Å². The molecule has 0 radical (unpaired) electrons. The Labute approximate surface area is 144 Å². The van der Waals surface area contributed by atoms with Gasteiger partial charge in [-0.15, -0.1) is 0 Å². The molecule has 1 fully saturated rings. The van der Waals surface area contributed by atoms with Crippen molar-refractivity contribution in [2.75, 3.05) is 13.2 Å². The summed E-state index contributed by atoms with van der Waals surface area (Å²) in [6.45, 7) is 7.33. The Morgan fingerprint density at radius 3 is 2.75 bits per heavy atom. The van der Waals surface area contributed by atoms with Gasteiger partial charge in [-0.3, -0.25) is 4.79 Å². The van der Waals surface area contributed by atoms with Crippen molar-refractivity contribution in [1.82, 2.24) is 5.32 Å². The molecule has 2 rings (SSSR count). The van der Waals surface area contributed by atoms with Crippen LogP contribution in [0.1, 0.15) is 51.6 Å². The second-order valence-electron chi connectivity index (χ2n) is 6.72. The molecule has 1 aliphatic rings. The van der Waals surface area contributed by atoms with Crippen LogP contribution in [0.2, 0.25) is 0 Å². The zero-order valence-electron chi connectivity index (χ0n) is 15.0. The fourth-order valence-electron chi connectivity index (χ4n) is 3.13. The lowest BCUT2D eigenvalue weighted by molar-refractivity contribution is -0.132. The fourth-order valence-corrected chi connectivity index (χ4v) is 3.13. The number of ether oxygens (including phenoxy) is 2. The monoisotopic (exact) mass is 334 g/mol. The average Bonchev–Trinajstić information content (AvgIpc) is 3.04. The van der Waals surface area contributed by atoms with Gasteiger partial charge in [0.1, 0.15) is 11.9 Å². The number of para-hydroxylation sites is 1. The van der Waals surface area contributed by atoms with Crippen LogP contribution in [0.5, 0.6) is 5.75 Å². The lowest BCUT2D eigenvalue weighted by Crippen LogP contribution is -2.38. The van der Waals surface area contributed by atoms with Crippen LogP contribution in [0.4, 0.5) is 0 Å². The Morgan fingerprint density at radius 2 is 2.12 bits per heavy atom. The van der Waals surface area contributed by atoms with Gasteiger partial charge in [0.05, 0.1) is 18.8 Å². The highest BCUT2D eigenvalue weighted by Crippen LogP contribution is 2.30. The number of nitrogens with two attached hydrogens (primary N) is 1. The van der Waals surface area contributed by atoms with Crippen LogP contribution < -0.4 is 15.8 Å². The second kappa shape index (κ2) is 9.04. The maximum absolute atomic E-state index is 12.6. The molecule has 1 aromatic rings. The Balaban J connectivity index is 2.12. The molecule has 1 saturated heterocycles. The molecule has 3 atom stereocenters. The van der Waals surface area contributed by atoms with Crippen molar-refractivity contribution < 1.29 is 14.3 Å². The molecule has 5 nitrogen and oxygen atoms in total. The Kier molecular flexibility index (Phi) is 7.06. The molecule has 0 saturated carbocycles. The molecule has 1 heterocycles. The van der Waals surface area contributed by atoms with Gasteiger partial charge in [-0.1, -0.05) is 32.0 Å². The van der Waals surface area contributed by atoms with E-state index in [2.05, 4.69) is 19.2 Å². The van der Waals surface area contributed by atoms with Crippen LogP contribution in [0.15, 0.2) is 24.3 Å². The molecule has 0 bridgehead atoms. The maximum atomic E-state index is 12.6. The third-order valence-electron chi connectivity index (χ3n) is 4.28. The number of amides is 1. The summed E-state index contributed by atoms with van der Waals surface area (Å²) in [4.78, 5) is 12.6. The standard InChI is InChI=1S/C19H30N2O3/c1-4-23-17-8-6-5-7-15(17)16(11-13(2)3)21-19(22)18-10-9-14(12-20)24-18/h5-8,13-14,16,18H,4,9-12,20H2,1-3H3,(H,21,22)/t14-,16?,18+/m1/s1. The minimum absolute atomic E-state index is 0.00000901. The first kappa shape index (κ1) is 18.7. The zero-order chi connectivity index (χ0) is 17.5. The van der Waals surface area contributed by atoms with Crippen molar-refractivity contribution in [3.63, 3.8) is 0 Å². The Bertz CT molecular complexity index is 533. The van der Waals surface area contributed by atoms with Gasteiger partial charge in [0.15, 0.2) is 0 Å². The number of hydrogen-bond acceptors (Lipinski definition) is 4. The summed E-state index contributed by atoms with van der Waals surface area (Å²) in [6, 6.07) is 7.83. The maximum Gasteiger partial charge on any atom is 0.249 e. The molecule has 1 aromatic carbocycles. The first-order chi connectivity index (χ1) is 11.5. The quantitative estimate of drug-likeness (QED) is 0.767. The van der Waals surface area contributed by atoms with Crippen molar-refractivity contribution in [1.29, 1.82) is 0 Å². The summed E-state index contributed by atoms with van der Waals surface area (Å²) < 4.78 is 11.5. The van der Waals surface area contributed by atoms with Gasteiger partial charge in [-0.05, 0) is 38.2 Å². The van der Waals surface area contributed by atoms with Gasteiger partial charge in [-0.2, -0.15) is 0 Å². The second-order valence-corrected chi connectivity index (χ2v) is 6.72. The van der Waals surface area contributed by atoms with Crippen molar-refractivity contribution in [2.45, 2.75) is 58.3 Å². The van der Waals surface area contributed by atoms with Gasteiger partial charge in [0, 0.05) is 12.1 Å². The molecule has 134 valence electrons. The van der Waals surface area contributed by atoms with Gasteiger partial charge in [0.2, 0.25) is 5.91 Å². The number of benzene rings is 1. The van der Waals surface area contributed by atoms with E-state index in [1.807, 2.05) is 31.2 Å². The summed E-state index contributed by atoms with van der Waals surface area (Å²) >= 11 is 0. The number of nitrogens with one attached hydrogen (secondary N) is 1. The van der Waals surface area contributed by atoms with Crippen LogP contribution in [-0.4, -0.2) is 31.3 Å². The summed E-state index contributed by atoms with van der Waals surface area (Å²) in [6.07, 6.45) is 2.03. The van der Waals surface area contributed by atoms with E-state index in [4.69, 9.17) is 15.2 Å². The van der Waals surface area contributed by atoms with E-state index < -0.39 is 6.10 Å². The largest absolute Gasteiger partial charge is 0.494 e. The number of hydrogen-bond donors (Lipinski definition) is 2. The van der Waals surface area contributed by atoms with E-state index in [1.54, 1.807) is 0 Å². The zero-order valence-corrected chi connectivity index (χ0v) is 15.0. The first-order valence-corrected chi connectivity index (χ1v) is 8.92. The van der Waals surface area contributed by atoms with Crippen molar-refractivity contribution in [2.24, 2.45) is 11.7 Å². The smallest absolute Gasteiger partial charge is 0.249 e. The summed E-state index contributed by atoms with van der Waals surface area (Å²) in [7, 11) is 0. The van der Waals surface area contributed by atoms with Crippen molar-refractivity contribution in [3.8, 4) is 5.75 Å². The normalized spacial score (nSPS) is 21.7. The highest BCUT2D eigenvalue weighted by Gasteiger charge is 2.31. The molecule has 1 aliphatic heterocycles. The first-order valence-electron chi connectivity index (χ1n) is 8.92. The number of carbonyl (C=O) groups is 1. The third-order valence-corrected chi connectivity index (χ3v) is 4.28. The fraction of sp³-hybridized carbons (Fsp3) is 0.632. The minimum Gasteiger partial charge on any atom is -0.494 e.